The fourth-order valence-corrected chi connectivity index (χ4v) is 6.58. The summed E-state index contributed by atoms with van der Waals surface area (Å²) < 4.78 is 80.2. The molecule has 0 aliphatic rings. The van der Waals surface area contributed by atoms with Gasteiger partial charge in [0.25, 0.3) is 5.16 Å². The van der Waals surface area contributed by atoms with E-state index in [0.29, 0.717) is 61.3 Å². The van der Waals surface area contributed by atoms with Gasteiger partial charge in [-0.05, 0) is 44.2 Å². The Morgan fingerprint density at radius 3 is 1.66 bits per heavy atom. The van der Waals surface area contributed by atoms with E-state index in [0.717, 1.165) is 30.5 Å². The number of anilines is 2. The summed E-state index contributed by atoms with van der Waals surface area (Å²) in [5, 5.41) is 51.1. The molecule has 0 amide bonds. The van der Waals surface area contributed by atoms with Gasteiger partial charge in [0.1, 0.15) is 29.1 Å². The molecule has 16 nitrogen and oxygen atoms in total. The maximum atomic E-state index is 14.0. The molecule has 4 heterocycles. The fraction of sp³-hybridized carbons (Fsp3) is 0.171. The number of fused-ring (bicyclic) bond motifs is 2. The average molecular weight is 943 g/mol. The maximum Gasteiger partial charge on any atom is 0.326 e. The largest absolute Gasteiger partial charge is 0.870 e. The Morgan fingerprint density at radius 1 is 0.703 bits per heavy atom. The number of halogens is 6. The minimum atomic E-state index is -3.62. The van der Waals surface area contributed by atoms with Gasteiger partial charge in [0.15, 0.2) is 22.9 Å². The zero-order valence-electron chi connectivity index (χ0n) is 33.5. The number of rotatable bonds is 11. The van der Waals surface area contributed by atoms with Crippen molar-refractivity contribution in [1.82, 2.24) is 40.3 Å². The van der Waals surface area contributed by atoms with Crippen molar-refractivity contribution >= 4 is 66.7 Å². The molecule has 0 radical (unpaired) electrons. The molecule has 2 atom stereocenters. The van der Waals surface area contributed by atoms with Gasteiger partial charge >= 0.3 is 6.01 Å². The Balaban J connectivity index is 0.000000180. The molecule has 0 bridgehead atoms. The molecule has 4 aromatic heterocycles. The summed E-state index contributed by atoms with van der Waals surface area (Å²) in [6.07, 6.45) is -0.291. The molecule has 64 heavy (non-hydrogen) atoms. The molecule has 0 unspecified atom stereocenters. The third-order valence-electron chi connectivity index (χ3n) is 8.52. The minimum Gasteiger partial charge on any atom is -0.870 e. The number of aromatic amines is 2. The molecule has 4 aromatic carbocycles. The first-order chi connectivity index (χ1) is 30.4. The number of benzene rings is 4. The topological polar surface area (TPSA) is 240 Å². The van der Waals surface area contributed by atoms with Crippen LogP contribution in [-0.4, -0.2) is 90.5 Å². The second kappa shape index (κ2) is 20.2. The zero-order valence-corrected chi connectivity index (χ0v) is 35.9. The Bertz CT molecular complexity index is 3050. The molecule has 0 spiro atoms. The van der Waals surface area contributed by atoms with Gasteiger partial charge in [-0.25, -0.2) is 31.0 Å². The van der Waals surface area contributed by atoms with Crippen LogP contribution in [0.5, 0.6) is 17.5 Å². The van der Waals surface area contributed by atoms with E-state index in [1.54, 1.807) is 44.2 Å². The lowest BCUT2D eigenvalue weighted by Gasteiger charge is -2.12. The van der Waals surface area contributed by atoms with E-state index >= 15 is 0 Å². The Morgan fingerprint density at radius 2 is 1.19 bits per heavy atom. The van der Waals surface area contributed by atoms with Crippen LogP contribution < -0.4 is 20.5 Å². The van der Waals surface area contributed by atoms with Gasteiger partial charge in [-0.2, -0.15) is 25.1 Å². The summed E-state index contributed by atoms with van der Waals surface area (Å²) in [4.78, 5) is 16.6. The van der Waals surface area contributed by atoms with Gasteiger partial charge in [-0.1, -0.05) is 71.4 Å². The van der Waals surface area contributed by atoms with Gasteiger partial charge in [0, 0.05) is 52.7 Å². The zero-order chi connectivity index (χ0) is 46.3. The number of nitrogens with one attached hydrogen (secondary N) is 4. The van der Waals surface area contributed by atoms with Crippen LogP contribution in [0.25, 0.3) is 44.6 Å². The third-order valence-corrected chi connectivity index (χ3v) is 10.0. The highest BCUT2D eigenvalue weighted by atomic mass is 35.5. The number of hydrogen-bond donors (Lipinski definition) is 6. The van der Waals surface area contributed by atoms with Gasteiger partial charge in [0.2, 0.25) is 9.84 Å². The van der Waals surface area contributed by atoms with Crippen LogP contribution in [0.4, 0.5) is 29.2 Å². The van der Waals surface area contributed by atoms with Crippen molar-refractivity contribution in [3.63, 3.8) is 0 Å². The molecule has 6 N–H and O–H groups in total. The van der Waals surface area contributed by atoms with Crippen LogP contribution in [0.3, 0.4) is 0 Å². The lowest BCUT2D eigenvalue weighted by atomic mass is 10.1. The Hall–Kier alpha value is -6.65. The fourth-order valence-electron chi connectivity index (χ4n) is 5.61. The molecule has 0 aliphatic heterocycles. The van der Waals surface area contributed by atoms with Gasteiger partial charge in [-0.15, -0.1) is 0 Å². The smallest absolute Gasteiger partial charge is 0.326 e. The predicted molar refractivity (Wildman–Crippen MR) is 230 cm³/mol. The van der Waals surface area contributed by atoms with E-state index in [1.165, 1.54) is 0 Å². The highest BCUT2D eigenvalue weighted by molar-refractivity contribution is 7.90. The van der Waals surface area contributed by atoms with Gasteiger partial charge in [0.05, 0.1) is 34.4 Å². The molecule has 0 saturated heterocycles. The summed E-state index contributed by atoms with van der Waals surface area (Å²) in [7, 11) is -3.62. The van der Waals surface area contributed by atoms with Crippen LogP contribution in [0.2, 0.25) is 10.0 Å². The summed E-state index contributed by atoms with van der Waals surface area (Å²) in [6.45, 7) is 3.58. The van der Waals surface area contributed by atoms with Crippen molar-refractivity contribution in [2.45, 2.75) is 31.2 Å². The van der Waals surface area contributed by atoms with Crippen LogP contribution in [-0.2, 0) is 9.84 Å². The number of H-pyrrole nitrogens is 2. The highest BCUT2D eigenvalue weighted by Gasteiger charge is 2.23. The Kier molecular flexibility index (Phi) is 14.8. The van der Waals surface area contributed by atoms with E-state index in [-0.39, 0.29) is 47.1 Å². The average Bonchev–Trinajstić information content (AvgIpc) is 3.87. The lowest BCUT2D eigenvalue weighted by Crippen LogP contribution is -2.17. The molecular weight excluding hydrogens is 907 g/mol. The van der Waals surface area contributed by atoms with Crippen molar-refractivity contribution in [2.75, 3.05) is 30.0 Å². The first-order valence-corrected chi connectivity index (χ1v) is 21.3. The van der Waals surface area contributed by atoms with Crippen molar-refractivity contribution in [1.29, 1.82) is 0 Å². The number of nitrogens with zero attached hydrogens (tertiary/aromatic N) is 6. The van der Waals surface area contributed by atoms with E-state index in [1.807, 2.05) is 18.2 Å². The van der Waals surface area contributed by atoms with Gasteiger partial charge in [-0.3, -0.25) is 10.2 Å². The van der Waals surface area contributed by atoms with E-state index in [2.05, 4.69) is 51.0 Å². The summed E-state index contributed by atoms with van der Waals surface area (Å²) in [5.74, 6) is -3.85. The van der Waals surface area contributed by atoms with E-state index in [4.69, 9.17) is 27.9 Å². The van der Waals surface area contributed by atoms with Crippen molar-refractivity contribution in [3.8, 4) is 40.0 Å². The van der Waals surface area contributed by atoms with E-state index in [9.17, 15) is 41.3 Å². The van der Waals surface area contributed by atoms with Crippen LogP contribution in [0, 0.1) is 23.3 Å². The van der Waals surface area contributed by atoms with Crippen molar-refractivity contribution < 1.29 is 46.0 Å². The number of aliphatic hydroxyl groups excluding tert-OH is 2. The van der Waals surface area contributed by atoms with Crippen molar-refractivity contribution in [3.05, 3.63) is 118 Å². The monoisotopic (exact) mass is 941 g/mol. The van der Waals surface area contributed by atoms with Crippen LogP contribution in [0.15, 0.2) is 90.1 Å². The quantitative estimate of drug-likeness (QED) is 0.0546. The van der Waals surface area contributed by atoms with Crippen LogP contribution in [0.1, 0.15) is 13.8 Å². The molecular formula is C41H35Cl2F4N10O6S-. The molecule has 23 heteroatoms. The van der Waals surface area contributed by atoms with Gasteiger partial charge < -0.3 is 30.7 Å². The molecule has 8 aromatic rings. The molecule has 0 aliphatic carbocycles. The first-order valence-electron chi connectivity index (χ1n) is 18.7. The second-order valence-electron chi connectivity index (χ2n) is 13.7. The minimum absolute atomic E-state index is 0.183. The predicted octanol–water partition coefficient (Wildman–Crippen LogP) is 7.44. The van der Waals surface area contributed by atoms with Crippen LogP contribution >= 0.6 is 23.2 Å². The lowest BCUT2D eigenvalue weighted by molar-refractivity contribution is -0.272. The Labute approximate surface area is 371 Å². The summed E-state index contributed by atoms with van der Waals surface area (Å²) in [5.41, 5.74) is 2.94. The SMILES string of the molecule is C[C@H](O)CNc1nc(Oc2ccc(F)cc2F)nc2n[nH]c(-c3ccccc3Cl)c12.C[C@H](O)CNc1nc(S(C)(=O)=O)nc2n[nH]c(-c3ccccc3Cl)c12.[O-]c1ccc(F)cc1F. The third kappa shape index (κ3) is 11.5. The number of ether oxygens (including phenoxy) is 1. The number of aromatic nitrogens is 8. The molecule has 0 fully saturated rings. The standard InChI is InChI=1S/C20H16ClF2N5O2.C15H16ClN5O3S.C6H4F2O/c1-10(29)9-24-18-16-17(12-4-2-3-5-13(12)21)27-28-19(16)26-20(25-18)30-15-7-6-11(22)8-14(15)23;1-8(22)7-17-13-11-12(9-5-3-4-6-10(9)16)20-21-14(11)19-15(18-13)25(2,23)24;7-4-1-2-6(9)5(8)3-4/h2-8,10,29H,9H2,1H3,(H2,24,25,26,27,28);3-6,8,22H,7H2,1-2H3,(H2,17,18,19,20,21);1-3,9H/p-1/t10-;8-;/m00./s1. The normalized spacial score (nSPS) is 12.2. The maximum absolute atomic E-state index is 14.0. The molecule has 0 saturated carbocycles. The molecule has 8 rings (SSSR count). The molecule has 334 valence electrons. The summed E-state index contributed by atoms with van der Waals surface area (Å²) in [6, 6.07) is 19.4. The highest BCUT2D eigenvalue weighted by Crippen LogP contribution is 2.37. The van der Waals surface area contributed by atoms with Crippen molar-refractivity contribution in [2.24, 2.45) is 0 Å². The number of sulfone groups is 1. The summed E-state index contributed by atoms with van der Waals surface area (Å²) >= 11 is 12.6. The number of hydrogen-bond acceptors (Lipinski definition) is 14. The first kappa shape index (κ1) is 46.8. The van der Waals surface area contributed by atoms with E-state index < -0.39 is 51.1 Å². The number of aliphatic hydroxyl groups is 2. The second-order valence-corrected chi connectivity index (χ2v) is 16.5.